The molecule has 11 heteroatoms. The molecule has 2 fully saturated rings. The number of amides is 1. The molecule has 5 atom stereocenters. The highest BCUT2D eigenvalue weighted by molar-refractivity contribution is 5.80. The number of alkyl halides is 6. The maximum atomic E-state index is 13.7. The Morgan fingerprint density at radius 3 is 2.16 bits per heavy atom. The fourth-order valence-electron chi connectivity index (χ4n) is 5.79. The maximum absolute atomic E-state index is 13.7. The van der Waals surface area contributed by atoms with Crippen molar-refractivity contribution in [1.29, 1.82) is 0 Å². The van der Waals surface area contributed by atoms with Gasteiger partial charge >= 0.3 is 12.4 Å². The maximum Gasteiger partial charge on any atom is 0.416 e. The predicted molar refractivity (Wildman–Crippen MR) is 125 cm³/mol. The first-order chi connectivity index (χ1) is 17.7. The van der Waals surface area contributed by atoms with E-state index in [2.05, 4.69) is 0 Å². The van der Waals surface area contributed by atoms with Crippen LogP contribution in [0.3, 0.4) is 0 Å². The van der Waals surface area contributed by atoms with Crippen LogP contribution in [0, 0.1) is 11.7 Å². The standard InChI is InChI=1S/C27H29F7N2O2/c1-15(18-11-19(26(29,30)31)13-20(12-18)27(32,33)34)38-23-9-6-17(14-36-10-2-3-22(36)25(35)37)24(23)16-4-7-21(28)8-5-16/h4-5,7-8,11-13,15,17,22-24H,2-3,6,9-10,14H2,1H3,(H2,35,37)/t15-,17?,22+,23?,24?/m0/s1. The van der Waals surface area contributed by atoms with E-state index in [9.17, 15) is 35.5 Å². The molecule has 2 aromatic rings. The fraction of sp³-hybridized carbons (Fsp3) is 0.519. The van der Waals surface area contributed by atoms with Crippen LogP contribution < -0.4 is 5.73 Å². The van der Waals surface area contributed by atoms with Gasteiger partial charge in [0.25, 0.3) is 0 Å². The molecule has 1 aliphatic carbocycles. The summed E-state index contributed by atoms with van der Waals surface area (Å²) < 4.78 is 100. The van der Waals surface area contributed by atoms with Crippen LogP contribution in [0.25, 0.3) is 0 Å². The number of hydrogen-bond acceptors (Lipinski definition) is 3. The van der Waals surface area contributed by atoms with E-state index < -0.39 is 53.5 Å². The highest BCUT2D eigenvalue weighted by Crippen LogP contribution is 2.45. The minimum absolute atomic E-state index is 0.0372. The number of nitrogens with zero attached hydrogens (tertiary/aromatic N) is 1. The quantitative estimate of drug-likeness (QED) is 0.406. The molecular weight excluding hydrogens is 517 g/mol. The van der Waals surface area contributed by atoms with Crippen LogP contribution in [0.5, 0.6) is 0 Å². The topological polar surface area (TPSA) is 55.6 Å². The summed E-state index contributed by atoms with van der Waals surface area (Å²) in [5.41, 5.74) is 3.28. The van der Waals surface area contributed by atoms with E-state index >= 15 is 0 Å². The zero-order valence-corrected chi connectivity index (χ0v) is 20.7. The molecule has 4 rings (SSSR count). The summed E-state index contributed by atoms with van der Waals surface area (Å²) in [7, 11) is 0. The van der Waals surface area contributed by atoms with E-state index in [-0.39, 0.29) is 23.5 Å². The van der Waals surface area contributed by atoms with Gasteiger partial charge in [-0.2, -0.15) is 26.3 Å². The van der Waals surface area contributed by atoms with Crippen molar-refractivity contribution >= 4 is 5.91 Å². The van der Waals surface area contributed by atoms with Gasteiger partial charge in [0.2, 0.25) is 5.91 Å². The Kier molecular flexibility index (Phi) is 8.09. The third-order valence-corrected chi connectivity index (χ3v) is 7.60. The lowest BCUT2D eigenvalue weighted by molar-refractivity contribution is -0.143. The summed E-state index contributed by atoms with van der Waals surface area (Å²) in [6.45, 7) is 2.63. The van der Waals surface area contributed by atoms with Crippen LogP contribution in [0.15, 0.2) is 42.5 Å². The Bertz CT molecular complexity index is 1100. The van der Waals surface area contributed by atoms with Gasteiger partial charge in [0.15, 0.2) is 0 Å². The summed E-state index contributed by atoms with van der Waals surface area (Å²) >= 11 is 0. The van der Waals surface area contributed by atoms with E-state index in [4.69, 9.17) is 10.5 Å². The van der Waals surface area contributed by atoms with Crippen LogP contribution in [-0.4, -0.2) is 36.0 Å². The van der Waals surface area contributed by atoms with Gasteiger partial charge < -0.3 is 10.5 Å². The molecule has 208 valence electrons. The average Bonchev–Trinajstić information content (AvgIpc) is 3.46. The van der Waals surface area contributed by atoms with Gasteiger partial charge in [-0.25, -0.2) is 4.39 Å². The number of ether oxygens (including phenoxy) is 1. The molecule has 0 spiro atoms. The van der Waals surface area contributed by atoms with Gasteiger partial charge in [-0.15, -0.1) is 0 Å². The molecule has 2 aromatic carbocycles. The molecule has 38 heavy (non-hydrogen) atoms. The smallest absolute Gasteiger partial charge is 0.370 e. The lowest BCUT2D eigenvalue weighted by atomic mass is 9.86. The van der Waals surface area contributed by atoms with Crippen molar-refractivity contribution in [2.24, 2.45) is 11.7 Å². The molecule has 1 aliphatic heterocycles. The van der Waals surface area contributed by atoms with Gasteiger partial charge in [0.1, 0.15) is 5.82 Å². The Hall–Kier alpha value is -2.66. The first-order valence-corrected chi connectivity index (χ1v) is 12.5. The van der Waals surface area contributed by atoms with Crippen molar-refractivity contribution < 1.29 is 40.3 Å². The molecule has 2 N–H and O–H groups in total. The van der Waals surface area contributed by atoms with Gasteiger partial charge in [-0.05, 0) is 86.5 Å². The predicted octanol–water partition coefficient (Wildman–Crippen LogP) is 6.45. The third kappa shape index (κ3) is 6.31. The molecule has 0 aromatic heterocycles. The van der Waals surface area contributed by atoms with Gasteiger partial charge in [0, 0.05) is 12.5 Å². The van der Waals surface area contributed by atoms with Gasteiger partial charge in [0.05, 0.1) is 29.4 Å². The molecule has 4 nitrogen and oxygen atoms in total. The summed E-state index contributed by atoms with van der Waals surface area (Å²) in [4.78, 5) is 13.9. The Morgan fingerprint density at radius 1 is 1.00 bits per heavy atom. The number of carbonyl (C=O) groups excluding carboxylic acids is 1. The lowest BCUT2D eigenvalue weighted by Gasteiger charge is -2.32. The van der Waals surface area contributed by atoms with Crippen molar-refractivity contribution in [3.05, 3.63) is 70.5 Å². The first kappa shape index (κ1) is 28.4. The van der Waals surface area contributed by atoms with Crippen LogP contribution in [-0.2, 0) is 21.9 Å². The monoisotopic (exact) mass is 546 g/mol. The number of nitrogens with two attached hydrogens (primary N) is 1. The summed E-state index contributed by atoms with van der Waals surface area (Å²) in [6, 6.07) is 6.89. The third-order valence-electron chi connectivity index (χ3n) is 7.60. The van der Waals surface area contributed by atoms with Crippen LogP contribution in [0.4, 0.5) is 30.7 Å². The Balaban J connectivity index is 1.61. The van der Waals surface area contributed by atoms with E-state index in [1.165, 1.54) is 19.1 Å². The van der Waals surface area contributed by atoms with Gasteiger partial charge in [-0.1, -0.05) is 12.1 Å². The number of carbonyl (C=O) groups is 1. The fourth-order valence-corrected chi connectivity index (χ4v) is 5.79. The Morgan fingerprint density at radius 2 is 1.61 bits per heavy atom. The summed E-state index contributed by atoms with van der Waals surface area (Å²) in [6.07, 6.45) is -8.93. The minimum atomic E-state index is -4.96. The Labute approximate surface area is 215 Å². The van der Waals surface area contributed by atoms with E-state index in [1.54, 1.807) is 12.1 Å². The van der Waals surface area contributed by atoms with Crippen molar-refractivity contribution in [3.63, 3.8) is 0 Å². The molecule has 1 amide bonds. The SMILES string of the molecule is C[C@H](OC1CCC(CN2CCC[C@@H]2C(N)=O)C1c1ccc(F)cc1)c1cc(C(F)(F)F)cc(C(F)(F)F)c1. The van der Waals surface area contributed by atoms with E-state index in [1.807, 2.05) is 4.90 Å². The number of hydrogen-bond donors (Lipinski definition) is 1. The second-order valence-electron chi connectivity index (χ2n) is 10.1. The largest absolute Gasteiger partial charge is 0.416 e. The normalized spacial score (nSPS) is 25.6. The van der Waals surface area contributed by atoms with Crippen LogP contribution in [0.1, 0.15) is 66.9 Å². The number of primary amides is 1. The van der Waals surface area contributed by atoms with Crippen molar-refractivity contribution in [1.82, 2.24) is 4.90 Å². The zero-order chi connectivity index (χ0) is 27.8. The zero-order valence-electron chi connectivity index (χ0n) is 20.7. The minimum Gasteiger partial charge on any atom is -0.370 e. The molecule has 1 heterocycles. The molecular formula is C27H29F7N2O2. The van der Waals surface area contributed by atoms with E-state index in [0.717, 1.165) is 12.0 Å². The molecule has 1 saturated heterocycles. The lowest BCUT2D eigenvalue weighted by Crippen LogP contribution is -2.43. The van der Waals surface area contributed by atoms with Crippen LogP contribution >= 0.6 is 0 Å². The number of rotatable bonds is 7. The average molecular weight is 547 g/mol. The number of halogens is 7. The summed E-state index contributed by atoms with van der Waals surface area (Å²) in [5.74, 6) is -1.19. The van der Waals surface area contributed by atoms with Crippen molar-refractivity contribution in [2.75, 3.05) is 13.1 Å². The first-order valence-electron chi connectivity index (χ1n) is 12.5. The second kappa shape index (κ2) is 10.8. The molecule has 1 saturated carbocycles. The van der Waals surface area contributed by atoms with Gasteiger partial charge in [-0.3, -0.25) is 9.69 Å². The molecule has 3 unspecified atom stereocenters. The highest BCUT2D eigenvalue weighted by atomic mass is 19.4. The van der Waals surface area contributed by atoms with Crippen molar-refractivity contribution in [3.8, 4) is 0 Å². The van der Waals surface area contributed by atoms with Crippen LogP contribution in [0.2, 0.25) is 0 Å². The number of likely N-dealkylation sites (tertiary alicyclic amines) is 1. The summed E-state index contributed by atoms with van der Waals surface area (Å²) in [5, 5.41) is 0. The second-order valence-corrected chi connectivity index (χ2v) is 10.1. The molecule has 0 radical (unpaired) electrons. The molecule has 2 aliphatic rings. The highest BCUT2D eigenvalue weighted by Gasteiger charge is 2.42. The molecule has 0 bridgehead atoms. The number of benzene rings is 2. The van der Waals surface area contributed by atoms with E-state index in [0.29, 0.717) is 44.5 Å². The van der Waals surface area contributed by atoms with Crippen molar-refractivity contribution in [2.45, 2.75) is 69.1 Å².